The summed E-state index contributed by atoms with van der Waals surface area (Å²) in [6.07, 6.45) is 0. The number of nitrogen functional groups attached to an aromatic ring is 1. The topological polar surface area (TPSA) is 58.8 Å². The second-order valence-electron chi connectivity index (χ2n) is 6.49. The van der Waals surface area contributed by atoms with E-state index < -0.39 is 0 Å². The Labute approximate surface area is 183 Å². The van der Waals surface area contributed by atoms with Gasteiger partial charge in [-0.25, -0.2) is 0 Å². The van der Waals surface area contributed by atoms with E-state index in [1.165, 1.54) is 0 Å². The summed E-state index contributed by atoms with van der Waals surface area (Å²) in [5.41, 5.74) is 8.10. The molecule has 1 aliphatic rings. The van der Waals surface area contributed by atoms with Gasteiger partial charge in [0, 0.05) is 44.0 Å². The number of aryl methyl sites for hydroxylation is 1. The number of amides is 1. The molecular weight excluding hydrogens is 421 g/mol. The number of para-hydroxylation sites is 1. The lowest BCUT2D eigenvalue weighted by atomic mass is 10.1. The SMILES string of the molecule is Cc1ccc(N)cc1C(=O)N1CCN(CCOc2ccccc2Cl)CC1.Cl.Cl. The molecule has 0 saturated carbocycles. The van der Waals surface area contributed by atoms with Gasteiger partial charge in [-0.1, -0.05) is 29.8 Å². The van der Waals surface area contributed by atoms with Gasteiger partial charge in [-0.2, -0.15) is 0 Å². The first-order chi connectivity index (χ1) is 12.5. The molecule has 0 radical (unpaired) electrons. The van der Waals surface area contributed by atoms with Crippen molar-refractivity contribution in [2.45, 2.75) is 6.92 Å². The summed E-state index contributed by atoms with van der Waals surface area (Å²) >= 11 is 6.09. The van der Waals surface area contributed by atoms with Crippen LogP contribution < -0.4 is 10.5 Å². The Morgan fingerprint density at radius 3 is 2.46 bits per heavy atom. The smallest absolute Gasteiger partial charge is 0.254 e. The summed E-state index contributed by atoms with van der Waals surface area (Å²) in [6.45, 7) is 6.40. The summed E-state index contributed by atoms with van der Waals surface area (Å²) in [4.78, 5) is 16.9. The van der Waals surface area contributed by atoms with Crippen molar-refractivity contribution in [2.24, 2.45) is 0 Å². The van der Waals surface area contributed by atoms with E-state index in [2.05, 4.69) is 4.90 Å². The quantitative estimate of drug-likeness (QED) is 0.707. The zero-order valence-corrected chi connectivity index (χ0v) is 18.2. The van der Waals surface area contributed by atoms with Crippen molar-refractivity contribution >= 4 is 48.0 Å². The first-order valence-electron chi connectivity index (χ1n) is 8.79. The summed E-state index contributed by atoms with van der Waals surface area (Å²) in [5, 5.41) is 0.625. The van der Waals surface area contributed by atoms with Crippen molar-refractivity contribution in [3.63, 3.8) is 0 Å². The van der Waals surface area contributed by atoms with Crippen LogP contribution in [0.1, 0.15) is 15.9 Å². The van der Waals surface area contributed by atoms with Crippen LogP contribution in [0.3, 0.4) is 0 Å². The van der Waals surface area contributed by atoms with E-state index in [-0.39, 0.29) is 30.7 Å². The number of halogens is 3. The van der Waals surface area contributed by atoms with E-state index >= 15 is 0 Å². The summed E-state index contributed by atoms with van der Waals surface area (Å²) in [5.74, 6) is 0.766. The van der Waals surface area contributed by atoms with Gasteiger partial charge in [0.1, 0.15) is 12.4 Å². The molecule has 0 unspecified atom stereocenters. The number of nitrogens with zero attached hydrogens (tertiary/aromatic N) is 2. The molecule has 154 valence electrons. The van der Waals surface area contributed by atoms with Crippen molar-refractivity contribution in [3.8, 4) is 5.75 Å². The van der Waals surface area contributed by atoms with Crippen LogP contribution >= 0.6 is 36.4 Å². The van der Waals surface area contributed by atoms with Crippen LogP contribution in [0.2, 0.25) is 5.02 Å². The number of anilines is 1. The van der Waals surface area contributed by atoms with Crippen LogP contribution in [0.15, 0.2) is 42.5 Å². The van der Waals surface area contributed by atoms with Crippen molar-refractivity contribution in [2.75, 3.05) is 45.1 Å². The minimum atomic E-state index is 0. The standard InChI is InChI=1S/C20H24ClN3O2.2ClH/c1-15-6-7-16(22)14-17(15)20(25)24-10-8-23(9-11-24)12-13-26-19-5-3-2-4-18(19)21;;/h2-7,14H,8-13,22H2,1H3;2*1H. The maximum absolute atomic E-state index is 12.7. The highest BCUT2D eigenvalue weighted by Crippen LogP contribution is 2.23. The van der Waals surface area contributed by atoms with E-state index in [1.807, 2.05) is 48.2 Å². The number of hydrogen-bond donors (Lipinski definition) is 1. The number of piperazine rings is 1. The molecule has 1 saturated heterocycles. The second-order valence-corrected chi connectivity index (χ2v) is 6.89. The third kappa shape index (κ3) is 6.17. The van der Waals surface area contributed by atoms with Crippen LogP contribution in [0.5, 0.6) is 5.75 Å². The third-order valence-corrected chi connectivity index (χ3v) is 4.97. The molecular formula is C20H26Cl3N3O2. The summed E-state index contributed by atoms with van der Waals surface area (Å²) in [6, 6.07) is 13.0. The van der Waals surface area contributed by atoms with Crippen molar-refractivity contribution in [1.82, 2.24) is 9.80 Å². The van der Waals surface area contributed by atoms with Crippen LogP contribution in [0, 0.1) is 6.92 Å². The molecule has 2 aromatic carbocycles. The molecule has 3 rings (SSSR count). The lowest BCUT2D eigenvalue weighted by Gasteiger charge is -2.35. The Kier molecular flexibility index (Phi) is 9.90. The minimum Gasteiger partial charge on any atom is -0.491 e. The number of rotatable bonds is 5. The van der Waals surface area contributed by atoms with E-state index in [9.17, 15) is 4.79 Å². The highest BCUT2D eigenvalue weighted by atomic mass is 35.5. The van der Waals surface area contributed by atoms with Crippen molar-refractivity contribution < 1.29 is 9.53 Å². The zero-order chi connectivity index (χ0) is 18.5. The molecule has 0 atom stereocenters. The van der Waals surface area contributed by atoms with Crippen LogP contribution in [-0.4, -0.2) is 55.0 Å². The van der Waals surface area contributed by atoms with Gasteiger partial charge in [0.05, 0.1) is 5.02 Å². The number of ether oxygens (including phenoxy) is 1. The zero-order valence-electron chi connectivity index (χ0n) is 15.8. The minimum absolute atomic E-state index is 0. The van der Waals surface area contributed by atoms with E-state index in [0.29, 0.717) is 41.7 Å². The number of carbonyl (C=O) groups excluding carboxylic acids is 1. The Bertz CT molecular complexity index is 781. The van der Waals surface area contributed by atoms with Gasteiger partial charge in [0.15, 0.2) is 0 Å². The van der Waals surface area contributed by atoms with Crippen LogP contribution in [0.25, 0.3) is 0 Å². The predicted molar refractivity (Wildman–Crippen MR) is 119 cm³/mol. The number of hydrogen-bond acceptors (Lipinski definition) is 4. The van der Waals surface area contributed by atoms with E-state index in [0.717, 1.165) is 25.2 Å². The molecule has 1 aliphatic heterocycles. The molecule has 0 aliphatic carbocycles. The predicted octanol–water partition coefficient (Wildman–Crippen LogP) is 3.91. The van der Waals surface area contributed by atoms with Gasteiger partial charge >= 0.3 is 0 Å². The largest absolute Gasteiger partial charge is 0.491 e. The maximum Gasteiger partial charge on any atom is 0.254 e. The summed E-state index contributed by atoms with van der Waals surface area (Å²) < 4.78 is 5.74. The average molecular weight is 447 g/mol. The number of nitrogens with two attached hydrogens (primary N) is 1. The lowest BCUT2D eigenvalue weighted by Crippen LogP contribution is -2.49. The molecule has 2 aromatic rings. The Hall–Kier alpha value is -1.66. The van der Waals surface area contributed by atoms with Gasteiger partial charge in [-0.3, -0.25) is 9.69 Å². The van der Waals surface area contributed by atoms with Gasteiger partial charge in [0.25, 0.3) is 5.91 Å². The van der Waals surface area contributed by atoms with Crippen LogP contribution in [-0.2, 0) is 0 Å². The molecule has 5 nitrogen and oxygen atoms in total. The normalized spacial score (nSPS) is 14.0. The fourth-order valence-corrected chi connectivity index (χ4v) is 3.25. The highest BCUT2D eigenvalue weighted by Gasteiger charge is 2.23. The highest BCUT2D eigenvalue weighted by molar-refractivity contribution is 6.32. The third-order valence-electron chi connectivity index (χ3n) is 4.65. The molecule has 1 heterocycles. The van der Waals surface area contributed by atoms with Gasteiger partial charge in [-0.15, -0.1) is 24.8 Å². The number of carbonyl (C=O) groups is 1. The van der Waals surface area contributed by atoms with Crippen molar-refractivity contribution in [1.29, 1.82) is 0 Å². The van der Waals surface area contributed by atoms with Crippen LogP contribution in [0.4, 0.5) is 5.69 Å². The molecule has 8 heteroatoms. The Morgan fingerprint density at radius 2 is 1.79 bits per heavy atom. The van der Waals surface area contributed by atoms with Gasteiger partial charge in [0.2, 0.25) is 0 Å². The fraction of sp³-hybridized carbons (Fsp3) is 0.350. The molecule has 1 amide bonds. The monoisotopic (exact) mass is 445 g/mol. The molecule has 0 bridgehead atoms. The maximum atomic E-state index is 12.7. The number of benzene rings is 2. The van der Waals surface area contributed by atoms with Crippen molar-refractivity contribution in [3.05, 3.63) is 58.6 Å². The second kappa shape index (κ2) is 11.4. The average Bonchev–Trinajstić information content (AvgIpc) is 2.65. The fourth-order valence-electron chi connectivity index (χ4n) is 3.06. The molecule has 0 aromatic heterocycles. The first kappa shape index (κ1) is 24.4. The first-order valence-corrected chi connectivity index (χ1v) is 9.17. The Balaban J connectivity index is 0.00000196. The molecule has 2 N–H and O–H groups in total. The Morgan fingerprint density at radius 1 is 1.11 bits per heavy atom. The molecule has 0 spiro atoms. The van der Waals surface area contributed by atoms with E-state index in [4.69, 9.17) is 22.1 Å². The molecule has 28 heavy (non-hydrogen) atoms. The summed E-state index contributed by atoms with van der Waals surface area (Å²) in [7, 11) is 0. The lowest BCUT2D eigenvalue weighted by molar-refractivity contribution is 0.0619. The van der Waals surface area contributed by atoms with Gasteiger partial charge < -0.3 is 15.4 Å². The molecule has 1 fully saturated rings. The van der Waals surface area contributed by atoms with E-state index in [1.54, 1.807) is 6.07 Å². The van der Waals surface area contributed by atoms with Gasteiger partial charge in [-0.05, 0) is 36.8 Å².